The minimum Gasteiger partial charge on any atom is -0.494 e. The van der Waals surface area contributed by atoms with Crippen LogP contribution in [0, 0.1) is 0 Å². The normalized spacial score (nSPS) is 14.0. The van der Waals surface area contributed by atoms with Crippen molar-refractivity contribution in [2.45, 2.75) is 59.2 Å². The van der Waals surface area contributed by atoms with Gasteiger partial charge in [0.05, 0.1) is 24.3 Å². The lowest BCUT2D eigenvalue weighted by Crippen LogP contribution is -3.11. The second kappa shape index (κ2) is 9.57. The summed E-state index contributed by atoms with van der Waals surface area (Å²) in [5, 5.41) is 22.7. The van der Waals surface area contributed by atoms with Crippen LogP contribution in [0.5, 0.6) is 5.75 Å². The van der Waals surface area contributed by atoms with Crippen LogP contribution in [0.4, 0.5) is 0 Å². The fourth-order valence-electron chi connectivity index (χ4n) is 3.75. The van der Waals surface area contributed by atoms with E-state index in [2.05, 4.69) is 48.2 Å². The molecule has 0 aliphatic rings. The molecule has 0 aliphatic heterocycles. The lowest BCUT2D eigenvalue weighted by Gasteiger charge is -2.28. The second-order valence-electron chi connectivity index (χ2n) is 8.81. The number of quaternary nitrogens is 1. The molecule has 0 aliphatic carbocycles. The summed E-state index contributed by atoms with van der Waals surface area (Å²) in [7, 11) is 0. The van der Waals surface area contributed by atoms with Gasteiger partial charge in [0.1, 0.15) is 18.3 Å². The molecule has 0 radical (unpaired) electrons. The summed E-state index contributed by atoms with van der Waals surface area (Å²) in [5.74, 6) is 1.53. The molecule has 1 aromatic carbocycles. The second-order valence-corrected chi connectivity index (χ2v) is 8.81. The number of nitrogens with zero attached hydrogens (tertiary/aromatic N) is 4. The molecule has 0 fully saturated rings. The number of pyridine rings is 1. The first-order valence-corrected chi connectivity index (χ1v) is 10.8. The van der Waals surface area contributed by atoms with E-state index in [1.165, 1.54) is 0 Å². The number of benzene rings is 1. The molecule has 1 unspecified atom stereocenters. The molecular weight excluding hydrogens is 396 g/mol. The van der Waals surface area contributed by atoms with Crippen molar-refractivity contribution in [2.75, 3.05) is 19.8 Å². The number of hydrogen-bond donors (Lipinski definition) is 3. The Morgan fingerprint density at radius 1 is 1.29 bits per heavy atom. The SMILES string of the molecule is CCOc1ccc2[nH]c(=O)c(C[NH+](CCCO)[C@@H](C)c3nnnn3C(C)(C)C)cc2c1. The van der Waals surface area contributed by atoms with Crippen LogP contribution >= 0.6 is 0 Å². The number of fused-ring (bicyclic) bond motifs is 1. The first-order chi connectivity index (χ1) is 14.7. The smallest absolute Gasteiger partial charge is 0.257 e. The standard InChI is InChI=1S/C22H32N6O3/c1-6-31-18-8-9-19-16(13-18)12-17(21(30)23-19)14-27(10-7-11-29)15(2)20-24-25-26-28(20)22(3,4)5/h8-9,12-13,15,29H,6-7,10-11,14H2,1-5H3,(H,23,30)/p+1/t15-/m0/s1. The van der Waals surface area contributed by atoms with Crippen LogP contribution < -0.4 is 15.2 Å². The Kier molecular flexibility index (Phi) is 7.07. The monoisotopic (exact) mass is 429 g/mol. The molecule has 2 aromatic heterocycles. The zero-order valence-electron chi connectivity index (χ0n) is 19.0. The average Bonchev–Trinajstić information content (AvgIpc) is 3.22. The fraction of sp³-hybridized carbons (Fsp3) is 0.545. The molecule has 0 bridgehead atoms. The van der Waals surface area contributed by atoms with Crippen molar-refractivity contribution in [2.24, 2.45) is 0 Å². The molecule has 31 heavy (non-hydrogen) atoms. The van der Waals surface area contributed by atoms with Crippen molar-refractivity contribution in [3.8, 4) is 5.75 Å². The first-order valence-electron chi connectivity index (χ1n) is 10.8. The molecule has 9 nitrogen and oxygen atoms in total. The van der Waals surface area contributed by atoms with Gasteiger partial charge in [-0.1, -0.05) is 0 Å². The van der Waals surface area contributed by atoms with Gasteiger partial charge in [-0.25, -0.2) is 4.68 Å². The highest BCUT2D eigenvalue weighted by atomic mass is 16.5. The van der Waals surface area contributed by atoms with Crippen molar-refractivity contribution >= 4 is 10.9 Å². The zero-order valence-corrected chi connectivity index (χ0v) is 19.0. The molecule has 0 saturated carbocycles. The van der Waals surface area contributed by atoms with E-state index in [0.717, 1.165) is 27.4 Å². The van der Waals surface area contributed by atoms with Gasteiger partial charge in [0.15, 0.2) is 0 Å². The van der Waals surface area contributed by atoms with E-state index in [0.29, 0.717) is 31.7 Å². The van der Waals surface area contributed by atoms with Crippen molar-refractivity contribution < 1.29 is 14.7 Å². The Labute approximate surface area is 182 Å². The molecule has 3 rings (SSSR count). The van der Waals surface area contributed by atoms with Crippen LogP contribution in [-0.4, -0.2) is 50.1 Å². The van der Waals surface area contributed by atoms with Gasteiger partial charge in [0.2, 0.25) is 5.82 Å². The Hall–Kier alpha value is -2.78. The van der Waals surface area contributed by atoms with Crippen LogP contribution in [0.2, 0.25) is 0 Å². The number of aliphatic hydroxyl groups is 1. The molecule has 168 valence electrons. The predicted molar refractivity (Wildman–Crippen MR) is 118 cm³/mol. The van der Waals surface area contributed by atoms with Gasteiger partial charge >= 0.3 is 0 Å². The molecule has 0 spiro atoms. The molecule has 9 heteroatoms. The van der Waals surface area contributed by atoms with Crippen molar-refractivity contribution in [1.29, 1.82) is 0 Å². The maximum atomic E-state index is 12.8. The summed E-state index contributed by atoms with van der Waals surface area (Å²) < 4.78 is 7.43. The van der Waals surface area contributed by atoms with E-state index in [1.54, 1.807) is 0 Å². The predicted octanol–water partition coefficient (Wildman–Crippen LogP) is 1.20. The summed E-state index contributed by atoms with van der Waals surface area (Å²) in [5.41, 5.74) is 1.08. The number of aromatic amines is 1. The summed E-state index contributed by atoms with van der Waals surface area (Å²) in [6.07, 6.45) is 0.622. The summed E-state index contributed by atoms with van der Waals surface area (Å²) in [6, 6.07) is 7.52. The minimum atomic E-state index is -0.259. The molecule has 0 amide bonds. The number of hydrogen-bond acceptors (Lipinski definition) is 6. The van der Waals surface area contributed by atoms with Gasteiger partial charge in [-0.15, -0.1) is 5.10 Å². The molecule has 2 heterocycles. The fourth-order valence-corrected chi connectivity index (χ4v) is 3.75. The lowest BCUT2D eigenvalue weighted by molar-refractivity contribution is -0.944. The third-order valence-electron chi connectivity index (χ3n) is 5.41. The van der Waals surface area contributed by atoms with Crippen molar-refractivity contribution in [1.82, 2.24) is 25.2 Å². The van der Waals surface area contributed by atoms with E-state index in [9.17, 15) is 9.90 Å². The van der Waals surface area contributed by atoms with Gasteiger partial charge < -0.3 is 19.7 Å². The van der Waals surface area contributed by atoms with Crippen molar-refractivity contribution in [3.63, 3.8) is 0 Å². The third-order valence-corrected chi connectivity index (χ3v) is 5.41. The van der Waals surface area contributed by atoms with Crippen LogP contribution in [0.3, 0.4) is 0 Å². The van der Waals surface area contributed by atoms with Gasteiger partial charge in [0, 0.05) is 23.9 Å². The van der Waals surface area contributed by atoms with Gasteiger partial charge in [0.25, 0.3) is 5.56 Å². The van der Waals surface area contributed by atoms with Crippen LogP contribution in [0.1, 0.15) is 58.5 Å². The number of aliphatic hydroxyl groups excluding tert-OH is 1. The van der Waals surface area contributed by atoms with E-state index < -0.39 is 0 Å². The first kappa shape index (κ1) is 22.9. The maximum Gasteiger partial charge on any atom is 0.257 e. The molecule has 3 N–H and O–H groups in total. The van der Waals surface area contributed by atoms with Crippen LogP contribution in [0.15, 0.2) is 29.1 Å². The highest BCUT2D eigenvalue weighted by molar-refractivity contribution is 5.80. The Morgan fingerprint density at radius 2 is 2.06 bits per heavy atom. The van der Waals surface area contributed by atoms with Crippen LogP contribution in [-0.2, 0) is 12.1 Å². The number of ether oxygens (including phenoxy) is 1. The molecular formula is C22H33N6O3+. The third kappa shape index (κ3) is 5.29. The molecule has 3 aromatic rings. The average molecular weight is 430 g/mol. The lowest BCUT2D eigenvalue weighted by atomic mass is 10.1. The van der Waals surface area contributed by atoms with E-state index in [4.69, 9.17) is 4.74 Å². The highest BCUT2D eigenvalue weighted by Crippen LogP contribution is 2.20. The highest BCUT2D eigenvalue weighted by Gasteiger charge is 2.30. The summed E-state index contributed by atoms with van der Waals surface area (Å²) in [4.78, 5) is 16.9. The van der Waals surface area contributed by atoms with E-state index in [-0.39, 0.29) is 23.7 Å². The van der Waals surface area contributed by atoms with Gasteiger partial charge in [-0.2, -0.15) is 0 Å². The number of rotatable bonds is 9. The topological polar surface area (TPSA) is 110 Å². The Morgan fingerprint density at radius 3 is 2.74 bits per heavy atom. The number of aromatic nitrogens is 5. The Balaban J connectivity index is 1.95. The van der Waals surface area contributed by atoms with Crippen molar-refractivity contribution in [3.05, 3.63) is 46.0 Å². The molecule has 0 saturated heterocycles. The number of nitrogens with one attached hydrogen (secondary N) is 2. The van der Waals surface area contributed by atoms with Gasteiger partial charge in [-0.05, 0) is 69.3 Å². The summed E-state index contributed by atoms with van der Waals surface area (Å²) >= 11 is 0. The summed E-state index contributed by atoms with van der Waals surface area (Å²) in [6.45, 7) is 12.0. The largest absolute Gasteiger partial charge is 0.494 e. The maximum absolute atomic E-state index is 12.8. The van der Waals surface area contributed by atoms with E-state index >= 15 is 0 Å². The molecule has 2 atom stereocenters. The quantitative estimate of drug-likeness (QED) is 0.471. The minimum absolute atomic E-state index is 0.0642. The zero-order chi connectivity index (χ0) is 22.6. The Bertz CT molecular complexity index is 1070. The van der Waals surface area contributed by atoms with Crippen LogP contribution in [0.25, 0.3) is 10.9 Å². The van der Waals surface area contributed by atoms with Gasteiger partial charge in [-0.3, -0.25) is 4.79 Å². The van der Waals surface area contributed by atoms with E-state index in [1.807, 2.05) is 35.9 Å². The number of tetrazole rings is 1. The number of H-pyrrole nitrogens is 1.